The van der Waals surface area contributed by atoms with Crippen LogP contribution in [0.1, 0.15) is 34.0 Å². The first-order valence-electron chi connectivity index (χ1n) is 9.78. The van der Waals surface area contributed by atoms with Crippen molar-refractivity contribution in [3.8, 4) is 5.82 Å². The van der Waals surface area contributed by atoms with Crippen LogP contribution in [-0.2, 0) is 16.1 Å². The fourth-order valence-electron chi connectivity index (χ4n) is 3.45. The van der Waals surface area contributed by atoms with E-state index in [-0.39, 0.29) is 12.2 Å². The standard InChI is InChI=1S/C23H22N4O4/c1-14-5-7-20-24-19(11-22(28)26(20)12-14)13-30-23(29)8-6-18-9-15(2)27(17(18)4)21-10-16(3)31-25-21/h5-12H,13H2,1-4H3/b8-6+. The maximum Gasteiger partial charge on any atom is 0.331 e. The van der Waals surface area contributed by atoms with E-state index in [1.54, 1.807) is 18.3 Å². The van der Waals surface area contributed by atoms with Crippen LogP contribution in [0.2, 0.25) is 0 Å². The first-order chi connectivity index (χ1) is 14.8. The average Bonchev–Trinajstić information content (AvgIpc) is 3.27. The first kappa shape index (κ1) is 20.3. The second-order valence-electron chi connectivity index (χ2n) is 7.42. The molecule has 0 aromatic carbocycles. The molecule has 0 spiro atoms. The minimum atomic E-state index is -0.520. The van der Waals surface area contributed by atoms with E-state index in [0.717, 1.165) is 28.3 Å². The Morgan fingerprint density at radius 1 is 1.16 bits per heavy atom. The SMILES string of the molecule is Cc1ccc2nc(COC(=O)/C=C/c3cc(C)n(-c4cc(C)on4)c3C)cc(=O)n2c1. The lowest BCUT2D eigenvalue weighted by atomic mass is 10.2. The first-order valence-corrected chi connectivity index (χ1v) is 9.78. The van der Waals surface area contributed by atoms with Crippen LogP contribution < -0.4 is 5.56 Å². The number of hydrogen-bond donors (Lipinski definition) is 0. The summed E-state index contributed by atoms with van der Waals surface area (Å²) in [5, 5.41) is 4.05. The second-order valence-corrected chi connectivity index (χ2v) is 7.42. The van der Waals surface area contributed by atoms with E-state index in [2.05, 4.69) is 10.1 Å². The molecule has 0 unspecified atom stereocenters. The van der Waals surface area contributed by atoms with Gasteiger partial charge in [-0.2, -0.15) is 0 Å². The predicted molar refractivity (Wildman–Crippen MR) is 115 cm³/mol. The van der Waals surface area contributed by atoms with Crippen LogP contribution in [0.25, 0.3) is 17.5 Å². The number of carbonyl (C=O) groups is 1. The van der Waals surface area contributed by atoms with Gasteiger partial charge < -0.3 is 9.26 Å². The summed E-state index contributed by atoms with van der Waals surface area (Å²) >= 11 is 0. The van der Waals surface area contributed by atoms with Crippen molar-refractivity contribution in [1.29, 1.82) is 0 Å². The summed E-state index contributed by atoms with van der Waals surface area (Å²) in [4.78, 5) is 28.8. The molecule has 4 rings (SSSR count). The van der Waals surface area contributed by atoms with Gasteiger partial charge in [-0.1, -0.05) is 11.2 Å². The van der Waals surface area contributed by atoms with Crippen LogP contribution in [-0.4, -0.2) is 25.1 Å². The van der Waals surface area contributed by atoms with Crippen molar-refractivity contribution in [1.82, 2.24) is 19.1 Å². The molecule has 0 atom stereocenters. The number of carbonyl (C=O) groups excluding carboxylic acids is 1. The molecule has 0 aliphatic heterocycles. The average molecular weight is 418 g/mol. The summed E-state index contributed by atoms with van der Waals surface area (Å²) in [5.41, 5.74) is 4.41. The van der Waals surface area contributed by atoms with Gasteiger partial charge in [0, 0.05) is 35.8 Å². The molecule has 0 aliphatic rings. The summed E-state index contributed by atoms with van der Waals surface area (Å²) in [7, 11) is 0. The number of aromatic nitrogens is 4. The van der Waals surface area contributed by atoms with Gasteiger partial charge in [0.05, 0.1) is 5.69 Å². The van der Waals surface area contributed by atoms with Crippen molar-refractivity contribution in [2.24, 2.45) is 0 Å². The highest BCUT2D eigenvalue weighted by molar-refractivity contribution is 5.87. The minimum Gasteiger partial charge on any atom is -0.456 e. The van der Waals surface area contributed by atoms with Crippen LogP contribution in [0.5, 0.6) is 0 Å². The smallest absolute Gasteiger partial charge is 0.331 e. The lowest BCUT2D eigenvalue weighted by molar-refractivity contribution is -0.139. The Labute approximate surface area is 178 Å². The Bertz CT molecular complexity index is 1370. The zero-order valence-electron chi connectivity index (χ0n) is 17.7. The molecular formula is C23H22N4O4. The van der Waals surface area contributed by atoms with Gasteiger partial charge in [0.25, 0.3) is 5.56 Å². The van der Waals surface area contributed by atoms with Gasteiger partial charge in [-0.15, -0.1) is 0 Å². The molecule has 0 saturated carbocycles. The third-order valence-electron chi connectivity index (χ3n) is 4.94. The molecule has 4 aromatic rings. The summed E-state index contributed by atoms with van der Waals surface area (Å²) < 4.78 is 13.8. The lowest BCUT2D eigenvalue weighted by Gasteiger charge is -2.05. The number of fused-ring (bicyclic) bond motifs is 1. The highest BCUT2D eigenvalue weighted by Crippen LogP contribution is 2.21. The van der Waals surface area contributed by atoms with Crippen molar-refractivity contribution >= 4 is 17.7 Å². The molecule has 0 N–H and O–H groups in total. The molecule has 158 valence electrons. The lowest BCUT2D eigenvalue weighted by Crippen LogP contribution is -2.16. The molecule has 4 heterocycles. The molecule has 8 nitrogen and oxygen atoms in total. The summed E-state index contributed by atoms with van der Waals surface area (Å²) in [6.45, 7) is 7.55. The van der Waals surface area contributed by atoms with Crippen molar-refractivity contribution in [2.75, 3.05) is 0 Å². The van der Waals surface area contributed by atoms with E-state index in [1.165, 1.54) is 16.5 Å². The van der Waals surface area contributed by atoms with Gasteiger partial charge in [0.1, 0.15) is 18.0 Å². The molecule has 0 radical (unpaired) electrons. The largest absolute Gasteiger partial charge is 0.456 e. The van der Waals surface area contributed by atoms with Gasteiger partial charge in [-0.25, -0.2) is 9.78 Å². The molecule has 0 fully saturated rings. The maximum atomic E-state index is 12.3. The van der Waals surface area contributed by atoms with Crippen molar-refractivity contribution < 1.29 is 14.1 Å². The van der Waals surface area contributed by atoms with Gasteiger partial charge in [-0.05, 0) is 57.0 Å². The summed E-state index contributed by atoms with van der Waals surface area (Å²) in [6.07, 6.45) is 4.77. The van der Waals surface area contributed by atoms with Crippen molar-refractivity contribution in [3.05, 3.63) is 86.9 Å². The summed E-state index contributed by atoms with van der Waals surface area (Å²) in [5.74, 6) is 0.895. The van der Waals surface area contributed by atoms with E-state index in [1.807, 2.05) is 50.5 Å². The van der Waals surface area contributed by atoms with E-state index in [4.69, 9.17) is 9.26 Å². The van der Waals surface area contributed by atoms with Gasteiger partial charge >= 0.3 is 5.97 Å². The quantitative estimate of drug-likeness (QED) is 0.364. The Morgan fingerprint density at radius 2 is 1.97 bits per heavy atom. The molecule has 0 amide bonds. The number of hydrogen-bond acceptors (Lipinski definition) is 6. The monoisotopic (exact) mass is 418 g/mol. The van der Waals surface area contributed by atoms with E-state index in [9.17, 15) is 9.59 Å². The fourth-order valence-corrected chi connectivity index (χ4v) is 3.45. The number of rotatable bonds is 5. The zero-order valence-corrected chi connectivity index (χ0v) is 17.7. The van der Waals surface area contributed by atoms with Crippen LogP contribution in [0.4, 0.5) is 0 Å². The topological polar surface area (TPSA) is 91.6 Å². The molecular weight excluding hydrogens is 396 g/mol. The zero-order chi connectivity index (χ0) is 22.1. The highest BCUT2D eigenvalue weighted by atomic mass is 16.5. The van der Waals surface area contributed by atoms with Crippen LogP contribution in [0.15, 0.2) is 51.9 Å². The minimum absolute atomic E-state index is 0.0833. The molecule has 0 bridgehead atoms. The third-order valence-corrected chi connectivity index (χ3v) is 4.94. The predicted octanol–water partition coefficient (Wildman–Crippen LogP) is 3.46. The number of ether oxygens (including phenoxy) is 1. The van der Waals surface area contributed by atoms with E-state index in [0.29, 0.717) is 17.2 Å². The van der Waals surface area contributed by atoms with E-state index >= 15 is 0 Å². The number of aryl methyl sites for hydroxylation is 3. The fraction of sp³-hybridized carbons (Fsp3) is 0.217. The molecule has 0 saturated heterocycles. The molecule has 31 heavy (non-hydrogen) atoms. The summed E-state index contributed by atoms with van der Waals surface area (Å²) in [6, 6.07) is 8.81. The van der Waals surface area contributed by atoms with Crippen LogP contribution in [0, 0.1) is 27.7 Å². The Morgan fingerprint density at radius 3 is 2.71 bits per heavy atom. The number of pyridine rings is 1. The van der Waals surface area contributed by atoms with Crippen LogP contribution >= 0.6 is 0 Å². The van der Waals surface area contributed by atoms with Gasteiger partial charge in [-0.3, -0.25) is 13.8 Å². The maximum absolute atomic E-state index is 12.3. The normalized spacial score (nSPS) is 11.5. The van der Waals surface area contributed by atoms with Crippen molar-refractivity contribution in [3.63, 3.8) is 0 Å². The van der Waals surface area contributed by atoms with E-state index < -0.39 is 5.97 Å². The Hall–Kier alpha value is -3.94. The molecule has 4 aromatic heterocycles. The number of esters is 1. The highest BCUT2D eigenvalue weighted by Gasteiger charge is 2.12. The third kappa shape index (κ3) is 4.18. The molecule has 0 aliphatic carbocycles. The Balaban J connectivity index is 1.47. The second kappa shape index (κ2) is 8.06. The molecule has 8 heteroatoms. The van der Waals surface area contributed by atoms with Gasteiger partial charge in [0.15, 0.2) is 5.82 Å². The number of nitrogens with zero attached hydrogens (tertiary/aromatic N) is 4. The van der Waals surface area contributed by atoms with Gasteiger partial charge in [0.2, 0.25) is 0 Å². The van der Waals surface area contributed by atoms with Crippen molar-refractivity contribution in [2.45, 2.75) is 34.3 Å². The van der Waals surface area contributed by atoms with Crippen LogP contribution in [0.3, 0.4) is 0 Å². The Kier molecular flexibility index (Phi) is 5.29.